The normalized spacial score (nSPS) is 16.9. The average molecular weight is 147 g/mol. The highest BCUT2D eigenvalue weighted by Gasteiger charge is 2.24. The molecule has 0 aliphatic rings. The Hall–Kier alpha value is -0.610. The summed E-state index contributed by atoms with van der Waals surface area (Å²) in [5.74, 6) is -1.28. The van der Waals surface area contributed by atoms with Gasteiger partial charge in [0.2, 0.25) is 0 Å². The van der Waals surface area contributed by atoms with E-state index in [-0.39, 0.29) is 5.92 Å². The summed E-state index contributed by atoms with van der Waals surface area (Å²) in [4.78, 5) is 10.1. The van der Waals surface area contributed by atoms with E-state index >= 15 is 0 Å². The predicted octanol–water partition coefficient (Wildman–Crippen LogP) is -0.585. The Bertz CT molecular complexity index is 124. The molecule has 0 saturated carbocycles. The number of aliphatic carboxylic acids is 1. The van der Waals surface area contributed by atoms with E-state index in [1.807, 2.05) is 0 Å². The molecule has 0 heterocycles. The Kier molecular flexibility index (Phi) is 3.32. The number of aliphatic hydroxyl groups is 1. The van der Waals surface area contributed by atoms with Gasteiger partial charge in [-0.05, 0) is 5.92 Å². The van der Waals surface area contributed by atoms with Gasteiger partial charge >= 0.3 is 5.97 Å². The second-order valence-electron chi connectivity index (χ2n) is 2.60. The Morgan fingerprint density at radius 3 is 2.00 bits per heavy atom. The maximum absolute atomic E-state index is 10.1. The van der Waals surface area contributed by atoms with Crippen LogP contribution in [0.5, 0.6) is 0 Å². The monoisotopic (exact) mass is 147 g/mol. The molecule has 0 saturated heterocycles. The van der Waals surface area contributed by atoms with Gasteiger partial charge in [0.15, 0.2) is 6.10 Å². The van der Waals surface area contributed by atoms with Gasteiger partial charge in [-0.2, -0.15) is 0 Å². The van der Waals surface area contributed by atoms with Crippen LogP contribution in [0, 0.1) is 5.92 Å². The van der Waals surface area contributed by atoms with Crippen LogP contribution in [0.25, 0.3) is 0 Å². The molecule has 0 aromatic rings. The highest BCUT2D eigenvalue weighted by atomic mass is 16.4. The Labute approximate surface area is 59.7 Å². The molecular weight excluding hydrogens is 134 g/mol. The lowest BCUT2D eigenvalue weighted by Crippen LogP contribution is -2.43. The van der Waals surface area contributed by atoms with E-state index in [0.29, 0.717) is 0 Å². The molecule has 4 N–H and O–H groups in total. The van der Waals surface area contributed by atoms with Crippen LogP contribution < -0.4 is 5.73 Å². The van der Waals surface area contributed by atoms with Crippen molar-refractivity contribution in [2.75, 3.05) is 0 Å². The van der Waals surface area contributed by atoms with Gasteiger partial charge in [-0.15, -0.1) is 0 Å². The molecule has 0 aliphatic carbocycles. The van der Waals surface area contributed by atoms with Crippen molar-refractivity contribution in [3.63, 3.8) is 0 Å². The molecule has 0 rings (SSSR count). The van der Waals surface area contributed by atoms with Crippen LogP contribution in [0.3, 0.4) is 0 Å². The average Bonchev–Trinajstić information content (AvgIpc) is 1.84. The Balaban J connectivity index is 3.94. The van der Waals surface area contributed by atoms with E-state index in [9.17, 15) is 4.79 Å². The third-order valence-corrected chi connectivity index (χ3v) is 1.39. The quantitative estimate of drug-likeness (QED) is 0.498. The van der Waals surface area contributed by atoms with Crippen molar-refractivity contribution in [1.82, 2.24) is 0 Å². The fraction of sp³-hybridized carbons (Fsp3) is 0.833. The molecule has 0 aromatic carbocycles. The zero-order valence-electron chi connectivity index (χ0n) is 6.11. The topological polar surface area (TPSA) is 83.5 Å². The van der Waals surface area contributed by atoms with Gasteiger partial charge in [0.05, 0.1) is 0 Å². The summed E-state index contributed by atoms with van der Waals surface area (Å²) >= 11 is 0. The molecule has 0 bridgehead atoms. The van der Waals surface area contributed by atoms with Crippen molar-refractivity contribution >= 4 is 5.97 Å². The summed E-state index contributed by atoms with van der Waals surface area (Å²) < 4.78 is 0. The van der Waals surface area contributed by atoms with E-state index in [4.69, 9.17) is 15.9 Å². The summed E-state index contributed by atoms with van der Waals surface area (Å²) in [6.45, 7) is 3.52. The fourth-order valence-corrected chi connectivity index (χ4v) is 0.529. The minimum absolute atomic E-state index is 0.0221. The number of carboxylic acids is 1. The van der Waals surface area contributed by atoms with Crippen molar-refractivity contribution in [2.45, 2.75) is 26.0 Å². The lowest BCUT2D eigenvalue weighted by atomic mass is 10.00. The summed E-state index contributed by atoms with van der Waals surface area (Å²) in [6, 6.07) is -0.683. The van der Waals surface area contributed by atoms with Crippen LogP contribution in [-0.2, 0) is 4.79 Å². The summed E-state index contributed by atoms with van der Waals surface area (Å²) in [5, 5.41) is 17.1. The lowest BCUT2D eigenvalue weighted by molar-refractivity contribution is -0.148. The summed E-state index contributed by atoms with van der Waals surface area (Å²) in [7, 11) is 0. The first-order chi connectivity index (χ1) is 4.46. The van der Waals surface area contributed by atoms with Gasteiger partial charge in [-0.1, -0.05) is 13.8 Å². The van der Waals surface area contributed by atoms with Crippen LogP contribution in [-0.4, -0.2) is 28.3 Å². The van der Waals surface area contributed by atoms with Gasteiger partial charge in [-0.3, -0.25) is 0 Å². The zero-order valence-corrected chi connectivity index (χ0v) is 6.11. The largest absolute Gasteiger partial charge is 0.479 e. The SMILES string of the molecule is CC(C)[C@H](N)C(O)C(=O)O. The molecule has 4 heteroatoms. The molecule has 0 spiro atoms. The van der Waals surface area contributed by atoms with Crippen LogP contribution in [0.2, 0.25) is 0 Å². The standard InChI is InChI=1S/C6H13NO3/c1-3(2)4(7)5(8)6(9)10/h3-5,8H,7H2,1-2H3,(H,9,10)/t4-,5?/m0/s1. The molecule has 60 valence electrons. The number of carbonyl (C=O) groups is 1. The number of aliphatic hydroxyl groups excluding tert-OH is 1. The molecular formula is C6H13NO3. The van der Waals surface area contributed by atoms with Crippen molar-refractivity contribution in [3.8, 4) is 0 Å². The van der Waals surface area contributed by atoms with Gasteiger partial charge in [0.25, 0.3) is 0 Å². The van der Waals surface area contributed by atoms with Gasteiger partial charge in [0.1, 0.15) is 0 Å². The summed E-state index contributed by atoms with van der Waals surface area (Å²) in [5.41, 5.74) is 5.33. The minimum atomic E-state index is -1.44. The minimum Gasteiger partial charge on any atom is -0.479 e. The molecule has 0 radical (unpaired) electrons. The molecule has 4 nitrogen and oxygen atoms in total. The lowest BCUT2D eigenvalue weighted by Gasteiger charge is -2.17. The van der Waals surface area contributed by atoms with Crippen molar-refractivity contribution < 1.29 is 15.0 Å². The van der Waals surface area contributed by atoms with Crippen LogP contribution in [0.15, 0.2) is 0 Å². The molecule has 2 atom stereocenters. The van der Waals surface area contributed by atoms with Crippen molar-refractivity contribution in [2.24, 2.45) is 11.7 Å². The molecule has 10 heavy (non-hydrogen) atoms. The van der Waals surface area contributed by atoms with Crippen molar-refractivity contribution in [1.29, 1.82) is 0 Å². The molecule has 0 amide bonds. The van der Waals surface area contributed by atoms with Crippen LogP contribution >= 0.6 is 0 Å². The number of hydrogen-bond donors (Lipinski definition) is 3. The highest BCUT2D eigenvalue weighted by molar-refractivity contribution is 5.72. The van der Waals surface area contributed by atoms with E-state index in [2.05, 4.69) is 0 Å². The van der Waals surface area contributed by atoms with E-state index in [1.165, 1.54) is 0 Å². The fourth-order valence-electron chi connectivity index (χ4n) is 0.529. The van der Waals surface area contributed by atoms with Crippen molar-refractivity contribution in [3.05, 3.63) is 0 Å². The van der Waals surface area contributed by atoms with Gasteiger partial charge < -0.3 is 15.9 Å². The molecule has 0 aromatic heterocycles. The van der Waals surface area contributed by atoms with E-state index < -0.39 is 18.1 Å². The molecule has 0 fully saturated rings. The Morgan fingerprint density at radius 2 is 1.90 bits per heavy atom. The third-order valence-electron chi connectivity index (χ3n) is 1.39. The maximum atomic E-state index is 10.1. The first-order valence-corrected chi connectivity index (χ1v) is 3.13. The second-order valence-corrected chi connectivity index (χ2v) is 2.60. The van der Waals surface area contributed by atoms with Crippen LogP contribution in [0.4, 0.5) is 0 Å². The number of nitrogens with two attached hydrogens (primary N) is 1. The molecule has 1 unspecified atom stereocenters. The summed E-state index contributed by atoms with van der Waals surface area (Å²) in [6.07, 6.45) is -1.44. The molecule has 0 aliphatic heterocycles. The van der Waals surface area contributed by atoms with Crippen LogP contribution in [0.1, 0.15) is 13.8 Å². The second kappa shape index (κ2) is 3.53. The first kappa shape index (κ1) is 9.39. The van der Waals surface area contributed by atoms with Gasteiger partial charge in [-0.25, -0.2) is 4.79 Å². The first-order valence-electron chi connectivity index (χ1n) is 3.13. The van der Waals surface area contributed by atoms with E-state index in [1.54, 1.807) is 13.8 Å². The predicted molar refractivity (Wildman–Crippen MR) is 36.5 cm³/mol. The third kappa shape index (κ3) is 2.33. The van der Waals surface area contributed by atoms with Gasteiger partial charge in [0, 0.05) is 6.04 Å². The maximum Gasteiger partial charge on any atom is 0.334 e. The smallest absolute Gasteiger partial charge is 0.334 e. The Morgan fingerprint density at radius 1 is 1.50 bits per heavy atom. The number of hydrogen-bond acceptors (Lipinski definition) is 3. The van der Waals surface area contributed by atoms with E-state index in [0.717, 1.165) is 0 Å². The zero-order chi connectivity index (χ0) is 8.31. The number of carboxylic acid groups (broad SMARTS) is 1. The highest BCUT2D eigenvalue weighted by Crippen LogP contribution is 2.02. The number of rotatable bonds is 3.